The molecule has 6 nitrogen and oxygen atoms in total. The number of carbonyl (C=O) groups excluding carboxylic acids is 3. The van der Waals surface area contributed by atoms with E-state index in [0.29, 0.717) is 19.3 Å². The molecule has 0 aromatic rings. The minimum Gasteiger partial charge on any atom is -0.462 e. The molecule has 0 aliphatic carbocycles. The van der Waals surface area contributed by atoms with E-state index < -0.39 is 6.10 Å². The maximum Gasteiger partial charge on any atom is 0.306 e. The van der Waals surface area contributed by atoms with Crippen LogP contribution in [0, 0.1) is 0 Å². The highest BCUT2D eigenvalue weighted by Gasteiger charge is 2.19. The number of esters is 3. The molecule has 0 aromatic heterocycles. The topological polar surface area (TPSA) is 78.9 Å². The van der Waals surface area contributed by atoms with Gasteiger partial charge in [0.15, 0.2) is 6.10 Å². The summed E-state index contributed by atoms with van der Waals surface area (Å²) in [4.78, 5) is 38.0. The summed E-state index contributed by atoms with van der Waals surface area (Å²) in [5.41, 5.74) is 0. The molecule has 0 aliphatic heterocycles. The van der Waals surface area contributed by atoms with E-state index in [2.05, 4.69) is 130 Å². The van der Waals surface area contributed by atoms with Crippen LogP contribution in [0.3, 0.4) is 0 Å². The Balaban J connectivity index is 4.52. The smallest absolute Gasteiger partial charge is 0.306 e. The average molecular weight is 927 g/mol. The van der Waals surface area contributed by atoms with Crippen LogP contribution in [0.2, 0.25) is 0 Å². The van der Waals surface area contributed by atoms with E-state index in [1.807, 2.05) is 12.2 Å². The summed E-state index contributed by atoms with van der Waals surface area (Å²) < 4.78 is 16.7. The number of hydrogen-bond acceptors (Lipinski definition) is 6. The molecule has 0 N–H and O–H groups in total. The van der Waals surface area contributed by atoms with E-state index in [1.54, 1.807) is 0 Å². The molecule has 0 saturated carbocycles. The Hall–Kier alpha value is -4.19. The van der Waals surface area contributed by atoms with Gasteiger partial charge in [0.25, 0.3) is 0 Å². The van der Waals surface area contributed by atoms with Gasteiger partial charge in [0, 0.05) is 19.3 Å². The van der Waals surface area contributed by atoms with Gasteiger partial charge in [0.2, 0.25) is 0 Å². The molecule has 6 heteroatoms. The standard InChI is InChI=1S/C61H98O6/c1-4-7-10-13-16-19-22-24-26-28-30-32-34-36-39-42-45-48-51-54-60(63)66-57-58(56-65-59(62)53-50-47-44-41-38-21-18-15-12-9-6-3)67-61(64)55-52-49-46-43-40-37-35-33-31-29-27-25-23-20-17-14-11-8-5-2/h7,10,15-20,24-27,30-33,36,39,45,48,58H,4-6,8-9,11-14,21-23,28-29,34-35,37-38,40-44,46-47,49-57H2,1-3H3/b10-7-,18-15-,19-16-,20-17-,26-24-,27-25-,32-30-,33-31-,39-36-,48-45-. The van der Waals surface area contributed by atoms with Crippen molar-refractivity contribution in [3.8, 4) is 0 Å². The van der Waals surface area contributed by atoms with E-state index >= 15 is 0 Å². The Morgan fingerprint density at radius 1 is 0.313 bits per heavy atom. The van der Waals surface area contributed by atoms with Crippen molar-refractivity contribution in [2.24, 2.45) is 0 Å². The van der Waals surface area contributed by atoms with E-state index in [0.717, 1.165) is 116 Å². The van der Waals surface area contributed by atoms with E-state index in [4.69, 9.17) is 14.2 Å². The van der Waals surface area contributed by atoms with Gasteiger partial charge >= 0.3 is 17.9 Å². The fourth-order valence-electron chi connectivity index (χ4n) is 6.87. The van der Waals surface area contributed by atoms with Gasteiger partial charge in [-0.15, -0.1) is 0 Å². The van der Waals surface area contributed by atoms with Gasteiger partial charge in [-0.1, -0.05) is 213 Å². The molecule has 67 heavy (non-hydrogen) atoms. The third-order valence-electron chi connectivity index (χ3n) is 10.9. The lowest BCUT2D eigenvalue weighted by Gasteiger charge is -2.18. The van der Waals surface area contributed by atoms with Crippen LogP contribution in [0.1, 0.15) is 226 Å². The molecule has 0 heterocycles. The average Bonchev–Trinajstić information content (AvgIpc) is 3.33. The fourth-order valence-corrected chi connectivity index (χ4v) is 6.87. The van der Waals surface area contributed by atoms with Gasteiger partial charge < -0.3 is 14.2 Å². The zero-order valence-electron chi connectivity index (χ0n) is 43.1. The first kappa shape index (κ1) is 62.8. The molecule has 1 unspecified atom stereocenters. The largest absolute Gasteiger partial charge is 0.462 e. The summed E-state index contributed by atoms with van der Waals surface area (Å²) in [5.74, 6) is -1.03. The number of allylic oxidation sites excluding steroid dienone is 20. The lowest BCUT2D eigenvalue weighted by molar-refractivity contribution is -0.166. The molecule has 0 amide bonds. The van der Waals surface area contributed by atoms with Crippen LogP contribution < -0.4 is 0 Å². The van der Waals surface area contributed by atoms with Crippen molar-refractivity contribution in [1.82, 2.24) is 0 Å². The molecule has 0 aromatic carbocycles. The van der Waals surface area contributed by atoms with Crippen LogP contribution in [-0.4, -0.2) is 37.2 Å². The second-order valence-corrected chi connectivity index (χ2v) is 17.4. The fraction of sp³-hybridized carbons (Fsp3) is 0.623. The maximum atomic E-state index is 12.8. The van der Waals surface area contributed by atoms with Gasteiger partial charge in [-0.05, 0) is 116 Å². The molecule has 0 bridgehead atoms. The molecule has 0 fully saturated rings. The van der Waals surface area contributed by atoms with Gasteiger partial charge in [-0.3, -0.25) is 14.4 Å². The molecule has 0 rings (SSSR count). The molecular weight excluding hydrogens is 829 g/mol. The maximum absolute atomic E-state index is 12.8. The van der Waals surface area contributed by atoms with Crippen molar-refractivity contribution in [3.05, 3.63) is 122 Å². The van der Waals surface area contributed by atoms with Crippen molar-refractivity contribution in [1.29, 1.82) is 0 Å². The Labute approximate surface area is 412 Å². The van der Waals surface area contributed by atoms with E-state index in [9.17, 15) is 14.4 Å². The lowest BCUT2D eigenvalue weighted by Crippen LogP contribution is -2.30. The van der Waals surface area contributed by atoms with Crippen molar-refractivity contribution in [3.63, 3.8) is 0 Å². The zero-order chi connectivity index (χ0) is 48.6. The summed E-state index contributed by atoms with van der Waals surface area (Å²) >= 11 is 0. The second-order valence-electron chi connectivity index (χ2n) is 17.4. The second kappa shape index (κ2) is 54.4. The number of rotatable bonds is 47. The molecule has 0 spiro atoms. The first-order chi connectivity index (χ1) is 33.0. The normalized spacial score (nSPS) is 13.1. The van der Waals surface area contributed by atoms with Gasteiger partial charge in [-0.2, -0.15) is 0 Å². The third-order valence-corrected chi connectivity index (χ3v) is 10.9. The number of hydrogen-bond donors (Lipinski definition) is 0. The van der Waals surface area contributed by atoms with Crippen molar-refractivity contribution in [2.75, 3.05) is 13.2 Å². The molecular formula is C61H98O6. The number of unbranched alkanes of at least 4 members (excludes halogenated alkanes) is 16. The van der Waals surface area contributed by atoms with Crippen LogP contribution in [0.4, 0.5) is 0 Å². The summed E-state index contributed by atoms with van der Waals surface area (Å²) in [6, 6.07) is 0. The van der Waals surface area contributed by atoms with Crippen molar-refractivity contribution in [2.45, 2.75) is 232 Å². The number of ether oxygens (including phenoxy) is 3. The Morgan fingerprint density at radius 2 is 0.627 bits per heavy atom. The van der Waals surface area contributed by atoms with E-state index in [1.165, 1.54) is 64.2 Å². The minimum atomic E-state index is -0.822. The first-order valence-electron chi connectivity index (χ1n) is 27.0. The SMILES string of the molecule is CC/C=C\C/C=C\C/C=C\C/C=C\C/C=C\C/C=C\CCC(=O)OCC(COC(=O)CCCCCCC/C=C\CCCC)OC(=O)CCCCCCCC/C=C\C/C=C\C/C=C\CCCCC. The highest BCUT2D eigenvalue weighted by atomic mass is 16.6. The zero-order valence-corrected chi connectivity index (χ0v) is 43.1. The summed E-state index contributed by atoms with van der Waals surface area (Å²) in [5, 5.41) is 0. The monoisotopic (exact) mass is 927 g/mol. The molecule has 1 atom stereocenters. The van der Waals surface area contributed by atoms with Crippen LogP contribution in [0.5, 0.6) is 0 Å². The third kappa shape index (κ3) is 52.6. The predicted molar refractivity (Wildman–Crippen MR) is 288 cm³/mol. The summed E-state index contributed by atoms with van der Waals surface area (Å²) in [7, 11) is 0. The van der Waals surface area contributed by atoms with Crippen LogP contribution >= 0.6 is 0 Å². The van der Waals surface area contributed by atoms with Gasteiger partial charge in [0.1, 0.15) is 13.2 Å². The Morgan fingerprint density at radius 3 is 1.06 bits per heavy atom. The van der Waals surface area contributed by atoms with Crippen molar-refractivity contribution < 1.29 is 28.6 Å². The summed E-state index contributed by atoms with van der Waals surface area (Å²) in [6.45, 7) is 6.36. The molecule has 378 valence electrons. The van der Waals surface area contributed by atoms with Gasteiger partial charge in [-0.25, -0.2) is 0 Å². The minimum absolute atomic E-state index is 0.114. The predicted octanol–water partition coefficient (Wildman–Crippen LogP) is 18.1. The van der Waals surface area contributed by atoms with E-state index in [-0.39, 0.29) is 37.5 Å². The van der Waals surface area contributed by atoms with Crippen molar-refractivity contribution >= 4 is 17.9 Å². The van der Waals surface area contributed by atoms with Gasteiger partial charge in [0.05, 0.1) is 0 Å². The van der Waals surface area contributed by atoms with Crippen LogP contribution in [-0.2, 0) is 28.6 Å². The molecule has 0 saturated heterocycles. The van der Waals surface area contributed by atoms with Crippen LogP contribution in [0.25, 0.3) is 0 Å². The highest BCUT2D eigenvalue weighted by Crippen LogP contribution is 2.13. The quantitative estimate of drug-likeness (QED) is 0.0262. The Kier molecular flexibility index (Phi) is 51.0. The first-order valence-corrected chi connectivity index (χ1v) is 27.0. The lowest BCUT2D eigenvalue weighted by atomic mass is 10.1. The summed E-state index contributed by atoms with van der Waals surface area (Å²) in [6.07, 6.45) is 74.8. The van der Waals surface area contributed by atoms with Crippen LogP contribution in [0.15, 0.2) is 122 Å². The number of carbonyl (C=O) groups is 3. The Bertz CT molecular complexity index is 1440. The highest BCUT2D eigenvalue weighted by molar-refractivity contribution is 5.71. The molecule has 0 aliphatic rings. The molecule has 0 radical (unpaired) electrons.